The van der Waals surface area contributed by atoms with Crippen molar-refractivity contribution in [3.05, 3.63) is 60.2 Å². The lowest BCUT2D eigenvalue weighted by Crippen LogP contribution is -2.57. The highest BCUT2D eigenvalue weighted by Gasteiger charge is 2.37. The van der Waals surface area contributed by atoms with Gasteiger partial charge in [-0.1, -0.05) is 42.5 Å². The topological polar surface area (TPSA) is 44.8 Å². The molecule has 1 aliphatic heterocycles. The summed E-state index contributed by atoms with van der Waals surface area (Å²) in [6, 6.07) is 18.9. The molecule has 0 spiro atoms. The largest absolute Gasteiger partial charge is 0.495 e. The molecule has 142 valence electrons. The molecular weight excluding hydrogens is 338 g/mol. The fraction of sp³-hybridized carbons (Fsp3) is 0.409. The van der Waals surface area contributed by atoms with Gasteiger partial charge in [-0.25, -0.2) is 4.79 Å². The van der Waals surface area contributed by atoms with E-state index in [1.54, 1.807) is 7.11 Å². The number of hydrogen-bond donors (Lipinski definition) is 1. The lowest BCUT2D eigenvalue weighted by atomic mass is 10.0. The average molecular weight is 365 g/mol. The lowest BCUT2D eigenvalue weighted by Gasteiger charge is -2.41. The zero-order valence-electron chi connectivity index (χ0n) is 15.8. The summed E-state index contributed by atoms with van der Waals surface area (Å²) in [6.07, 6.45) is 3.47. The number of piperazine rings is 1. The number of carbonyl (C=O) groups excluding carboxylic acids is 1. The fourth-order valence-electron chi connectivity index (χ4n) is 3.91. The second-order valence-corrected chi connectivity index (χ2v) is 7.39. The van der Waals surface area contributed by atoms with Gasteiger partial charge in [0.2, 0.25) is 0 Å². The van der Waals surface area contributed by atoms with Crippen molar-refractivity contribution in [2.24, 2.45) is 0 Å². The average Bonchev–Trinajstić information content (AvgIpc) is 3.54. The van der Waals surface area contributed by atoms with Crippen LogP contribution in [0.15, 0.2) is 54.6 Å². The fourth-order valence-corrected chi connectivity index (χ4v) is 3.91. The van der Waals surface area contributed by atoms with Crippen LogP contribution in [0.3, 0.4) is 0 Å². The minimum atomic E-state index is -0.0455. The number of para-hydroxylation sites is 2. The maximum atomic E-state index is 13.1. The Morgan fingerprint density at radius 3 is 2.56 bits per heavy atom. The first-order valence-corrected chi connectivity index (χ1v) is 9.73. The molecule has 2 aromatic rings. The number of urea groups is 1. The van der Waals surface area contributed by atoms with Crippen molar-refractivity contribution in [2.75, 3.05) is 32.1 Å². The van der Waals surface area contributed by atoms with E-state index in [9.17, 15) is 4.79 Å². The highest BCUT2D eigenvalue weighted by molar-refractivity contribution is 5.91. The quantitative estimate of drug-likeness (QED) is 0.880. The molecule has 2 amide bonds. The molecule has 2 aliphatic rings. The van der Waals surface area contributed by atoms with Crippen LogP contribution in [-0.2, 0) is 6.42 Å². The molecular formula is C22H27N3O2. The van der Waals surface area contributed by atoms with Gasteiger partial charge in [-0.3, -0.25) is 4.90 Å². The summed E-state index contributed by atoms with van der Waals surface area (Å²) in [6.45, 7) is 2.66. The van der Waals surface area contributed by atoms with Crippen molar-refractivity contribution in [1.29, 1.82) is 0 Å². The predicted molar refractivity (Wildman–Crippen MR) is 107 cm³/mol. The smallest absolute Gasteiger partial charge is 0.322 e. The summed E-state index contributed by atoms with van der Waals surface area (Å²) in [5, 5.41) is 3.05. The Balaban J connectivity index is 1.50. The number of nitrogens with one attached hydrogen (secondary N) is 1. The Hall–Kier alpha value is -2.53. The number of hydrogen-bond acceptors (Lipinski definition) is 3. The number of rotatable bonds is 5. The Morgan fingerprint density at radius 1 is 1.07 bits per heavy atom. The summed E-state index contributed by atoms with van der Waals surface area (Å²) < 4.78 is 5.37. The highest BCUT2D eigenvalue weighted by Crippen LogP contribution is 2.30. The molecule has 0 radical (unpaired) electrons. The van der Waals surface area contributed by atoms with Crippen LogP contribution in [0.4, 0.5) is 10.5 Å². The molecule has 2 aromatic carbocycles. The summed E-state index contributed by atoms with van der Waals surface area (Å²) in [5.41, 5.74) is 1.99. The SMILES string of the molecule is COc1ccccc1NC(=O)N1CCN(C2CC2)CC1Cc1ccccc1. The number of carbonyl (C=O) groups is 1. The van der Waals surface area contributed by atoms with Crippen LogP contribution in [0.25, 0.3) is 0 Å². The molecule has 0 aromatic heterocycles. The maximum Gasteiger partial charge on any atom is 0.322 e. The Kier molecular flexibility index (Phi) is 5.30. The van der Waals surface area contributed by atoms with Crippen molar-refractivity contribution >= 4 is 11.7 Å². The van der Waals surface area contributed by atoms with E-state index in [4.69, 9.17) is 4.74 Å². The molecule has 4 rings (SSSR count). The third-order valence-electron chi connectivity index (χ3n) is 5.50. The molecule has 1 atom stereocenters. The standard InChI is InChI=1S/C22H27N3O2/c1-27-21-10-6-5-9-20(21)23-22(26)25-14-13-24(18-11-12-18)16-19(25)15-17-7-3-2-4-8-17/h2-10,18-19H,11-16H2,1H3,(H,23,26). The van der Waals surface area contributed by atoms with Gasteiger partial charge >= 0.3 is 6.03 Å². The number of nitrogens with zero attached hydrogens (tertiary/aromatic N) is 2. The van der Waals surface area contributed by atoms with Gasteiger partial charge in [0.05, 0.1) is 18.8 Å². The molecule has 1 saturated heterocycles. The number of amides is 2. The number of ether oxygens (including phenoxy) is 1. The summed E-state index contributed by atoms with van der Waals surface area (Å²) in [5.74, 6) is 0.682. The third-order valence-corrected chi connectivity index (χ3v) is 5.50. The minimum absolute atomic E-state index is 0.0455. The van der Waals surface area contributed by atoms with Crippen LogP contribution in [0.5, 0.6) is 5.75 Å². The first-order valence-electron chi connectivity index (χ1n) is 9.73. The maximum absolute atomic E-state index is 13.1. The summed E-state index contributed by atoms with van der Waals surface area (Å²) in [4.78, 5) is 17.6. The first-order chi connectivity index (χ1) is 13.2. The van der Waals surface area contributed by atoms with Crippen molar-refractivity contribution in [2.45, 2.75) is 31.3 Å². The zero-order valence-corrected chi connectivity index (χ0v) is 15.8. The number of benzene rings is 2. The monoisotopic (exact) mass is 365 g/mol. The first kappa shape index (κ1) is 17.9. The van der Waals surface area contributed by atoms with Crippen LogP contribution in [0.2, 0.25) is 0 Å². The van der Waals surface area contributed by atoms with E-state index in [1.165, 1.54) is 18.4 Å². The van der Waals surface area contributed by atoms with Crippen LogP contribution in [-0.4, -0.2) is 54.7 Å². The van der Waals surface area contributed by atoms with E-state index in [2.05, 4.69) is 34.5 Å². The molecule has 27 heavy (non-hydrogen) atoms. The number of anilines is 1. The van der Waals surface area contributed by atoms with Gasteiger partial charge < -0.3 is 15.0 Å². The zero-order chi connectivity index (χ0) is 18.6. The molecule has 1 heterocycles. The van der Waals surface area contributed by atoms with Crippen LogP contribution >= 0.6 is 0 Å². The van der Waals surface area contributed by atoms with Crippen molar-refractivity contribution in [3.63, 3.8) is 0 Å². The van der Waals surface area contributed by atoms with Gasteiger partial charge in [0.1, 0.15) is 5.75 Å². The Morgan fingerprint density at radius 2 is 1.81 bits per heavy atom. The molecule has 1 N–H and O–H groups in total. The second-order valence-electron chi connectivity index (χ2n) is 7.39. The molecule has 0 bridgehead atoms. The van der Waals surface area contributed by atoms with Crippen LogP contribution < -0.4 is 10.1 Å². The van der Waals surface area contributed by atoms with Gasteiger partial charge in [0.15, 0.2) is 0 Å². The van der Waals surface area contributed by atoms with E-state index < -0.39 is 0 Å². The van der Waals surface area contributed by atoms with Crippen molar-refractivity contribution in [3.8, 4) is 5.75 Å². The van der Waals surface area contributed by atoms with E-state index in [0.717, 1.165) is 32.1 Å². The predicted octanol–water partition coefficient (Wildman–Crippen LogP) is 3.62. The van der Waals surface area contributed by atoms with Gasteiger partial charge in [-0.15, -0.1) is 0 Å². The minimum Gasteiger partial charge on any atom is -0.495 e. The summed E-state index contributed by atoms with van der Waals surface area (Å²) >= 11 is 0. The van der Waals surface area contributed by atoms with E-state index >= 15 is 0 Å². The van der Waals surface area contributed by atoms with Crippen LogP contribution in [0.1, 0.15) is 18.4 Å². The van der Waals surface area contributed by atoms with E-state index in [-0.39, 0.29) is 12.1 Å². The second kappa shape index (κ2) is 8.01. The molecule has 1 aliphatic carbocycles. The normalized spacial score (nSPS) is 20.3. The molecule has 5 heteroatoms. The van der Waals surface area contributed by atoms with Gasteiger partial charge in [0, 0.05) is 25.7 Å². The van der Waals surface area contributed by atoms with Gasteiger partial charge in [0.25, 0.3) is 0 Å². The van der Waals surface area contributed by atoms with E-state index in [1.807, 2.05) is 35.2 Å². The van der Waals surface area contributed by atoms with Gasteiger partial charge in [-0.05, 0) is 37.0 Å². The highest BCUT2D eigenvalue weighted by atomic mass is 16.5. The van der Waals surface area contributed by atoms with Crippen molar-refractivity contribution in [1.82, 2.24) is 9.80 Å². The molecule has 1 saturated carbocycles. The molecule has 5 nitrogen and oxygen atoms in total. The number of methoxy groups -OCH3 is 1. The Labute approximate surface area is 160 Å². The third kappa shape index (κ3) is 4.25. The molecule has 2 fully saturated rings. The van der Waals surface area contributed by atoms with Crippen molar-refractivity contribution < 1.29 is 9.53 Å². The summed E-state index contributed by atoms with van der Waals surface area (Å²) in [7, 11) is 1.62. The molecule has 1 unspecified atom stereocenters. The lowest BCUT2D eigenvalue weighted by molar-refractivity contribution is 0.0954. The van der Waals surface area contributed by atoms with E-state index in [0.29, 0.717) is 11.4 Å². The van der Waals surface area contributed by atoms with Crippen LogP contribution in [0, 0.1) is 0 Å². The Bertz CT molecular complexity index is 776. The van der Waals surface area contributed by atoms with Gasteiger partial charge in [-0.2, -0.15) is 0 Å².